The van der Waals surface area contributed by atoms with Gasteiger partial charge in [-0.1, -0.05) is 161 Å². The summed E-state index contributed by atoms with van der Waals surface area (Å²) in [7, 11) is -4.70. The van der Waals surface area contributed by atoms with Crippen LogP contribution in [0.3, 0.4) is 0 Å². The maximum absolute atomic E-state index is 12.4. The van der Waals surface area contributed by atoms with Crippen LogP contribution in [-0.2, 0) is 13.9 Å². The third kappa shape index (κ3) is 30.5. The molecule has 0 heterocycles. The van der Waals surface area contributed by atoms with Gasteiger partial charge in [0.25, 0.3) is 0 Å². The highest BCUT2D eigenvalue weighted by molar-refractivity contribution is 7.46. The van der Waals surface area contributed by atoms with Crippen molar-refractivity contribution in [2.45, 2.75) is 187 Å². The first-order valence-electron chi connectivity index (χ1n) is 17.1. The molecule has 4 N–H and O–H groups in total. The number of hydrogen-bond donors (Lipinski definition) is 4. The summed E-state index contributed by atoms with van der Waals surface area (Å²) in [6.45, 7) is 4.03. The number of allylic oxidation sites excluding steroid dienone is 1. The molecule has 8 heteroatoms. The highest BCUT2D eigenvalue weighted by Crippen LogP contribution is 2.35. The lowest BCUT2D eigenvalue weighted by atomic mass is 10.0. The second-order valence-electron chi connectivity index (χ2n) is 11.8. The molecule has 0 saturated carbocycles. The van der Waals surface area contributed by atoms with Gasteiger partial charge in [-0.3, -0.25) is 9.32 Å². The van der Waals surface area contributed by atoms with Crippen molar-refractivity contribution in [2.75, 3.05) is 6.61 Å². The normalized spacial score (nSPS) is 13.6. The quantitative estimate of drug-likeness (QED) is 0.0356. The van der Waals surface area contributed by atoms with Gasteiger partial charge in [0.1, 0.15) is 0 Å². The Kier molecular flexibility index (Phi) is 28.8. The monoisotopic (exact) mass is 603 g/mol. The van der Waals surface area contributed by atoms with Crippen molar-refractivity contribution < 1.29 is 28.8 Å². The van der Waals surface area contributed by atoms with E-state index in [2.05, 4.69) is 23.7 Å². The van der Waals surface area contributed by atoms with E-state index in [0.717, 1.165) is 38.5 Å². The van der Waals surface area contributed by atoms with Gasteiger partial charge >= 0.3 is 7.82 Å². The average Bonchev–Trinajstić information content (AvgIpc) is 2.93. The number of hydrogen-bond acceptors (Lipinski definition) is 4. The van der Waals surface area contributed by atoms with Gasteiger partial charge in [-0.25, -0.2) is 4.57 Å². The van der Waals surface area contributed by atoms with Gasteiger partial charge in [0.15, 0.2) is 0 Å². The van der Waals surface area contributed by atoms with Gasteiger partial charge in [-0.2, -0.15) is 0 Å². The lowest BCUT2D eigenvalue weighted by Crippen LogP contribution is -2.45. The van der Waals surface area contributed by atoms with E-state index < -0.39 is 26.6 Å². The first kappa shape index (κ1) is 40.3. The van der Waals surface area contributed by atoms with E-state index in [0.29, 0.717) is 6.42 Å². The number of carbonyl (C=O) groups excluding carboxylic acids is 1. The summed E-state index contributed by atoms with van der Waals surface area (Å²) < 4.78 is 15.8. The third-order valence-electron chi connectivity index (χ3n) is 7.75. The number of carbonyl (C=O) groups is 1. The minimum absolute atomic E-state index is 0.230. The Hall–Kier alpha value is -0.720. The van der Waals surface area contributed by atoms with Crippen LogP contribution in [0.25, 0.3) is 0 Å². The Morgan fingerprint density at radius 3 is 1.49 bits per heavy atom. The summed E-state index contributed by atoms with van der Waals surface area (Å²) in [6, 6.07) is -0.902. The zero-order chi connectivity index (χ0) is 30.4. The Morgan fingerprint density at radius 1 is 0.683 bits per heavy atom. The summed E-state index contributed by atoms with van der Waals surface area (Å²) in [6.07, 6.45) is 32.3. The Bertz CT molecular complexity index is 654. The maximum Gasteiger partial charge on any atom is 0.469 e. The zero-order valence-corrected chi connectivity index (χ0v) is 27.6. The number of amides is 1. The van der Waals surface area contributed by atoms with E-state index in [1.165, 1.54) is 116 Å². The molecule has 0 spiro atoms. The standard InChI is InChI=1S/C33H66NO6P/c1-3-5-7-9-11-13-14-15-16-17-18-19-21-22-24-26-28-32(35)31(30-40-41(37,38)39)34-33(36)29-27-25-23-20-12-10-8-6-4-2/h26,28,31-32,35H,3-25,27,29-30H2,1-2H3,(H,34,36)(H2,37,38,39)/b28-26+/t31-,32+/m0/s1. The molecule has 0 aromatic heterocycles. The van der Waals surface area contributed by atoms with Crippen molar-refractivity contribution in [1.29, 1.82) is 0 Å². The zero-order valence-electron chi connectivity index (χ0n) is 26.7. The van der Waals surface area contributed by atoms with Crippen LogP contribution in [0.15, 0.2) is 12.2 Å². The molecule has 1 amide bonds. The first-order chi connectivity index (χ1) is 19.8. The van der Waals surface area contributed by atoms with Crippen LogP contribution in [0, 0.1) is 0 Å². The molecule has 244 valence electrons. The van der Waals surface area contributed by atoms with Crippen LogP contribution >= 0.6 is 7.82 Å². The van der Waals surface area contributed by atoms with Gasteiger partial charge in [0.2, 0.25) is 5.91 Å². The fourth-order valence-electron chi connectivity index (χ4n) is 5.10. The fourth-order valence-corrected chi connectivity index (χ4v) is 5.46. The van der Waals surface area contributed by atoms with E-state index in [1.807, 2.05) is 6.08 Å². The highest BCUT2D eigenvalue weighted by Gasteiger charge is 2.24. The molecule has 0 aliphatic carbocycles. The van der Waals surface area contributed by atoms with Crippen molar-refractivity contribution in [3.63, 3.8) is 0 Å². The SMILES string of the molecule is CCCCCCCCCCCCCCCC/C=C/[C@@H](O)[C@H](COP(=O)(O)O)NC(=O)CCCCCCCCCCC. The summed E-state index contributed by atoms with van der Waals surface area (Å²) >= 11 is 0. The number of phosphoric acid groups is 1. The van der Waals surface area contributed by atoms with E-state index in [1.54, 1.807) is 6.08 Å². The van der Waals surface area contributed by atoms with Crippen LogP contribution in [0.2, 0.25) is 0 Å². The van der Waals surface area contributed by atoms with Gasteiger partial charge in [-0.15, -0.1) is 0 Å². The summed E-state index contributed by atoms with van der Waals surface area (Å²) in [5, 5.41) is 13.3. The first-order valence-corrected chi connectivity index (χ1v) is 18.7. The Balaban J connectivity index is 4.05. The molecule has 0 aromatic rings. The summed E-state index contributed by atoms with van der Waals surface area (Å²) in [4.78, 5) is 30.6. The second kappa shape index (κ2) is 29.4. The number of rotatable bonds is 31. The Morgan fingerprint density at radius 2 is 1.07 bits per heavy atom. The minimum atomic E-state index is -4.70. The molecule has 0 bridgehead atoms. The summed E-state index contributed by atoms with van der Waals surface area (Å²) in [5.41, 5.74) is 0. The van der Waals surface area contributed by atoms with E-state index >= 15 is 0 Å². The molecular weight excluding hydrogens is 537 g/mol. The van der Waals surface area contributed by atoms with Crippen molar-refractivity contribution in [2.24, 2.45) is 0 Å². The average molecular weight is 604 g/mol. The minimum Gasteiger partial charge on any atom is -0.387 e. The molecule has 0 aliphatic rings. The molecule has 0 aromatic carbocycles. The summed E-state index contributed by atoms with van der Waals surface area (Å²) in [5.74, 6) is -0.230. The highest BCUT2D eigenvalue weighted by atomic mass is 31.2. The number of aliphatic hydroxyl groups excluding tert-OH is 1. The van der Waals surface area contributed by atoms with Crippen molar-refractivity contribution in [3.8, 4) is 0 Å². The molecule has 0 fully saturated rings. The van der Waals surface area contributed by atoms with Crippen LogP contribution < -0.4 is 5.32 Å². The smallest absolute Gasteiger partial charge is 0.387 e. The fraction of sp³-hybridized carbons (Fsp3) is 0.909. The molecule has 0 aliphatic heterocycles. The predicted molar refractivity (Wildman–Crippen MR) is 172 cm³/mol. The lowest BCUT2D eigenvalue weighted by molar-refractivity contribution is -0.123. The van der Waals surface area contributed by atoms with Gasteiger partial charge in [0, 0.05) is 6.42 Å². The number of phosphoric ester groups is 1. The second-order valence-corrected chi connectivity index (χ2v) is 13.1. The molecular formula is C33H66NO6P. The predicted octanol–water partition coefficient (Wildman–Crippen LogP) is 9.29. The Labute approximate surface area is 252 Å². The lowest BCUT2D eigenvalue weighted by Gasteiger charge is -2.22. The largest absolute Gasteiger partial charge is 0.469 e. The van der Waals surface area contributed by atoms with Crippen LogP contribution in [-0.4, -0.2) is 39.6 Å². The molecule has 41 heavy (non-hydrogen) atoms. The van der Waals surface area contributed by atoms with Crippen molar-refractivity contribution in [1.82, 2.24) is 5.32 Å². The van der Waals surface area contributed by atoms with Crippen LogP contribution in [0.5, 0.6) is 0 Å². The van der Waals surface area contributed by atoms with Crippen molar-refractivity contribution >= 4 is 13.7 Å². The van der Waals surface area contributed by atoms with Gasteiger partial charge < -0.3 is 20.2 Å². The maximum atomic E-state index is 12.4. The topological polar surface area (TPSA) is 116 Å². The number of nitrogens with one attached hydrogen (secondary N) is 1. The number of unbranched alkanes of at least 4 members (excludes halogenated alkanes) is 22. The third-order valence-corrected chi connectivity index (χ3v) is 8.23. The van der Waals surface area contributed by atoms with E-state index in [9.17, 15) is 14.5 Å². The van der Waals surface area contributed by atoms with Gasteiger partial charge in [-0.05, 0) is 19.3 Å². The molecule has 0 saturated heterocycles. The van der Waals surface area contributed by atoms with E-state index in [-0.39, 0.29) is 5.91 Å². The van der Waals surface area contributed by atoms with Crippen LogP contribution in [0.4, 0.5) is 0 Å². The van der Waals surface area contributed by atoms with E-state index in [4.69, 9.17) is 9.79 Å². The molecule has 0 rings (SSSR count). The molecule has 2 atom stereocenters. The van der Waals surface area contributed by atoms with Crippen LogP contribution in [0.1, 0.15) is 174 Å². The van der Waals surface area contributed by atoms with Gasteiger partial charge in [0.05, 0.1) is 18.8 Å². The molecule has 0 radical (unpaired) electrons. The van der Waals surface area contributed by atoms with Crippen molar-refractivity contribution in [3.05, 3.63) is 12.2 Å². The molecule has 0 unspecified atom stereocenters. The molecule has 7 nitrogen and oxygen atoms in total. The number of aliphatic hydroxyl groups is 1.